The van der Waals surface area contributed by atoms with Crippen LogP contribution in [0.1, 0.15) is 155 Å². The molecule has 0 aliphatic rings. The standard InChI is InChI=1S/C26H56N2/c1-2-3-4-5-6-7-8-9-10-11-12-13-14-15-16-17-18-19-20-21-23-26(28)24-22-25-27/h26H,2-25,27-28H2,1H3. The Labute approximate surface area is 179 Å². The van der Waals surface area contributed by atoms with Crippen molar-refractivity contribution < 1.29 is 0 Å². The number of unbranched alkanes of at least 4 members (excludes halogenated alkanes) is 19. The molecule has 0 fully saturated rings. The molecule has 0 amide bonds. The molecule has 28 heavy (non-hydrogen) atoms. The quantitative estimate of drug-likeness (QED) is 0.161. The number of hydrogen-bond donors (Lipinski definition) is 2. The van der Waals surface area contributed by atoms with E-state index in [0.29, 0.717) is 6.04 Å². The largest absolute Gasteiger partial charge is 0.330 e. The molecule has 0 aliphatic heterocycles. The van der Waals surface area contributed by atoms with Gasteiger partial charge in [0.05, 0.1) is 0 Å². The maximum atomic E-state index is 6.09. The van der Waals surface area contributed by atoms with Gasteiger partial charge in [-0.2, -0.15) is 0 Å². The van der Waals surface area contributed by atoms with E-state index in [-0.39, 0.29) is 0 Å². The highest BCUT2D eigenvalue weighted by molar-refractivity contribution is 4.61. The fourth-order valence-electron chi connectivity index (χ4n) is 4.19. The Morgan fingerprint density at radius 1 is 0.429 bits per heavy atom. The molecule has 0 heterocycles. The van der Waals surface area contributed by atoms with Crippen LogP contribution < -0.4 is 11.5 Å². The highest BCUT2D eigenvalue weighted by Crippen LogP contribution is 2.15. The van der Waals surface area contributed by atoms with E-state index in [0.717, 1.165) is 19.4 Å². The maximum absolute atomic E-state index is 6.09. The van der Waals surface area contributed by atoms with Gasteiger partial charge in [0.2, 0.25) is 0 Å². The fraction of sp³-hybridized carbons (Fsp3) is 1.00. The van der Waals surface area contributed by atoms with Crippen LogP contribution in [-0.4, -0.2) is 12.6 Å². The van der Waals surface area contributed by atoms with Crippen molar-refractivity contribution in [2.45, 2.75) is 161 Å². The number of rotatable bonds is 24. The molecule has 0 bridgehead atoms. The van der Waals surface area contributed by atoms with E-state index < -0.39 is 0 Å². The molecule has 0 aliphatic carbocycles. The molecular formula is C26H56N2. The van der Waals surface area contributed by atoms with Gasteiger partial charge in [-0.3, -0.25) is 0 Å². The maximum Gasteiger partial charge on any atom is 0.00392 e. The average Bonchev–Trinajstić information content (AvgIpc) is 2.70. The third-order valence-corrected chi connectivity index (χ3v) is 6.21. The molecule has 0 rings (SSSR count). The van der Waals surface area contributed by atoms with Gasteiger partial charge in [-0.1, -0.05) is 135 Å². The summed E-state index contributed by atoms with van der Waals surface area (Å²) in [6, 6.07) is 0.388. The zero-order valence-corrected chi connectivity index (χ0v) is 19.7. The lowest BCUT2D eigenvalue weighted by Crippen LogP contribution is -2.20. The molecule has 170 valence electrons. The van der Waals surface area contributed by atoms with E-state index in [4.69, 9.17) is 11.5 Å². The predicted molar refractivity (Wildman–Crippen MR) is 129 cm³/mol. The van der Waals surface area contributed by atoms with E-state index in [1.54, 1.807) is 0 Å². The Morgan fingerprint density at radius 3 is 1.04 bits per heavy atom. The van der Waals surface area contributed by atoms with Gasteiger partial charge in [-0.15, -0.1) is 0 Å². The van der Waals surface area contributed by atoms with Crippen molar-refractivity contribution in [1.82, 2.24) is 0 Å². The van der Waals surface area contributed by atoms with Crippen molar-refractivity contribution in [2.75, 3.05) is 6.54 Å². The summed E-state index contributed by atoms with van der Waals surface area (Å²) < 4.78 is 0. The van der Waals surface area contributed by atoms with Crippen LogP contribution in [-0.2, 0) is 0 Å². The average molecular weight is 397 g/mol. The molecule has 0 aromatic rings. The first-order valence-electron chi connectivity index (χ1n) is 13.3. The second kappa shape index (κ2) is 25.0. The summed E-state index contributed by atoms with van der Waals surface area (Å²) in [5.41, 5.74) is 11.6. The summed E-state index contributed by atoms with van der Waals surface area (Å²) in [5, 5.41) is 0. The van der Waals surface area contributed by atoms with E-state index in [1.165, 1.54) is 135 Å². The molecule has 0 saturated carbocycles. The van der Waals surface area contributed by atoms with Crippen LogP contribution >= 0.6 is 0 Å². The molecule has 0 saturated heterocycles. The summed E-state index contributed by atoms with van der Waals surface area (Å²) in [4.78, 5) is 0. The van der Waals surface area contributed by atoms with Gasteiger partial charge < -0.3 is 11.5 Å². The van der Waals surface area contributed by atoms with E-state index in [1.807, 2.05) is 0 Å². The van der Waals surface area contributed by atoms with Crippen LogP contribution in [0.5, 0.6) is 0 Å². The Morgan fingerprint density at radius 2 is 0.714 bits per heavy atom. The molecule has 0 spiro atoms. The Balaban J connectivity index is 3.03. The zero-order chi connectivity index (χ0) is 20.5. The zero-order valence-electron chi connectivity index (χ0n) is 19.7. The SMILES string of the molecule is CCCCCCCCCCCCCCCCCCCCCCC(N)CCCN. The lowest BCUT2D eigenvalue weighted by atomic mass is 10.0. The van der Waals surface area contributed by atoms with Gasteiger partial charge in [0.1, 0.15) is 0 Å². The minimum atomic E-state index is 0.388. The molecule has 2 nitrogen and oxygen atoms in total. The van der Waals surface area contributed by atoms with Crippen LogP contribution in [0, 0.1) is 0 Å². The second-order valence-electron chi connectivity index (χ2n) is 9.20. The van der Waals surface area contributed by atoms with Crippen molar-refractivity contribution in [3.8, 4) is 0 Å². The minimum Gasteiger partial charge on any atom is -0.330 e. The first-order valence-corrected chi connectivity index (χ1v) is 13.3. The van der Waals surface area contributed by atoms with Crippen LogP contribution in [0.2, 0.25) is 0 Å². The number of nitrogens with two attached hydrogens (primary N) is 2. The Bertz CT molecular complexity index is 267. The molecule has 0 aromatic heterocycles. The first-order chi connectivity index (χ1) is 13.8. The topological polar surface area (TPSA) is 52.0 Å². The van der Waals surface area contributed by atoms with E-state index in [2.05, 4.69) is 6.92 Å². The van der Waals surface area contributed by atoms with Crippen LogP contribution in [0.25, 0.3) is 0 Å². The molecule has 1 unspecified atom stereocenters. The van der Waals surface area contributed by atoms with Gasteiger partial charge in [0.15, 0.2) is 0 Å². The molecular weight excluding hydrogens is 340 g/mol. The summed E-state index contributed by atoms with van der Waals surface area (Å²) in [6.45, 7) is 3.08. The van der Waals surface area contributed by atoms with Gasteiger partial charge >= 0.3 is 0 Å². The Hall–Kier alpha value is -0.0800. The van der Waals surface area contributed by atoms with Gasteiger partial charge in [-0.25, -0.2) is 0 Å². The summed E-state index contributed by atoms with van der Waals surface area (Å²) in [5.74, 6) is 0. The molecule has 2 heteroatoms. The number of hydrogen-bond acceptors (Lipinski definition) is 2. The van der Waals surface area contributed by atoms with Crippen LogP contribution in [0.15, 0.2) is 0 Å². The summed E-state index contributed by atoms with van der Waals surface area (Å²) >= 11 is 0. The van der Waals surface area contributed by atoms with Crippen molar-refractivity contribution in [3.05, 3.63) is 0 Å². The smallest absolute Gasteiger partial charge is 0.00392 e. The third kappa shape index (κ3) is 24.0. The van der Waals surface area contributed by atoms with Crippen LogP contribution in [0.3, 0.4) is 0 Å². The Kier molecular flexibility index (Phi) is 24.9. The minimum absolute atomic E-state index is 0.388. The van der Waals surface area contributed by atoms with E-state index >= 15 is 0 Å². The molecule has 4 N–H and O–H groups in total. The molecule has 0 radical (unpaired) electrons. The van der Waals surface area contributed by atoms with Crippen molar-refractivity contribution >= 4 is 0 Å². The normalized spacial score (nSPS) is 12.5. The third-order valence-electron chi connectivity index (χ3n) is 6.21. The van der Waals surface area contributed by atoms with Crippen molar-refractivity contribution in [3.63, 3.8) is 0 Å². The predicted octanol–water partition coefficient (Wildman–Crippen LogP) is 8.26. The first kappa shape index (κ1) is 27.9. The second-order valence-corrected chi connectivity index (χ2v) is 9.20. The monoisotopic (exact) mass is 396 g/mol. The van der Waals surface area contributed by atoms with Crippen LogP contribution in [0.4, 0.5) is 0 Å². The van der Waals surface area contributed by atoms with E-state index in [9.17, 15) is 0 Å². The molecule has 1 atom stereocenters. The molecule has 0 aromatic carbocycles. The van der Waals surface area contributed by atoms with Crippen molar-refractivity contribution in [1.29, 1.82) is 0 Å². The highest BCUT2D eigenvalue weighted by atomic mass is 14.6. The summed E-state index contributed by atoms with van der Waals surface area (Å²) in [6.07, 6.45) is 32.3. The van der Waals surface area contributed by atoms with Gasteiger partial charge in [-0.05, 0) is 25.8 Å². The lowest BCUT2D eigenvalue weighted by molar-refractivity contribution is 0.495. The lowest BCUT2D eigenvalue weighted by Gasteiger charge is -2.10. The highest BCUT2D eigenvalue weighted by Gasteiger charge is 2.01. The fourth-order valence-corrected chi connectivity index (χ4v) is 4.19. The van der Waals surface area contributed by atoms with Gasteiger partial charge in [0.25, 0.3) is 0 Å². The van der Waals surface area contributed by atoms with Crippen molar-refractivity contribution in [2.24, 2.45) is 11.5 Å². The summed E-state index contributed by atoms with van der Waals surface area (Å²) in [7, 11) is 0. The van der Waals surface area contributed by atoms with Gasteiger partial charge in [0, 0.05) is 6.04 Å².